The number of para-hydroxylation sites is 1. The molecule has 4 aromatic rings. The summed E-state index contributed by atoms with van der Waals surface area (Å²) in [6, 6.07) is 24.8. The first-order valence-electron chi connectivity index (χ1n) is 8.45. The normalized spacial score (nSPS) is 9.85. The maximum Gasteiger partial charge on any atom is 0.141 e. The minimum Gasteiger partial charge on any atom is -0.508 e. The molecule has 1 heterocycles. The minimum atomic E-state index is 0. The fourth-order valence-electron chi connectivity index (χ4n) is 2.67. The molecule has 0 spiro atoms. The molecule has 3 radical (unpaired) electrons. The lowest BCUT2D eigenvalue weighted by Crippen LogP contribution is -1.88. The Morgan fingerprint density at radius 2 is 1.33 bits per heavy atom. The zero-order valence-electron chi connectivity index (χ0n) is 15.4. The number of fused-ring (bicyclic) bond motifs is 1. The zero-order valence-corrected chi connectivity index (χ0v) is 16.6. The summed E-state index contributed by atoms with van der Waals surface area (Å²) in [5.74, 6) is 0.556. The van der Waals surface area contributed by atoms with Crippen LogP contribution < -0.4 is 0 Å². The van der Waals surface area contributed by atoms with Gasteiger partial charge in [-0.1, -0.05) is 54.6 Å². The molecule has 4 heteroatoms. The van der Waals surface area contributed by atoms with Crippen molar-refractivity contribution in [1.82, 2.24) is 4.98 Å². The third-order valence-corrected chi connectivity index (χ3v) is 4.24. The molecule has 3 nitrogen and oxygen atoms in total. The number of pyridine rings is 1. The molecule has 0 aliphatic heterocycles. The van der Waals surface area contributed by atoms with Gasteiger partial charge in [0, 0.05) is 28.4 Å². The lowest BCUT2D eigenvalue weighted by Gasteiger charge is -2.03. The molecule has 27 heavy (non-hydrogen) atoms. The van der Waals surface area contributed by atoms with Gasteiger partial charge >= 0.3 is 0 Å². The lowest BCUT2D eigenvalue weighted by atomic mass is 10.1. The average molecular weight is 370 g/mol. The summed E-state index contributed by atoms with van der Waals surface area (Å²) in [6.45, 7) is 3.97. The summed E-state index contributed by atoms with van der Waals surface area (Å²) in [4.78, 5) is 4.32. The smallest absolute Gasteiger partial charge is 0.141 e. The Hall–Kier alpha value is -2.80. The monoisotopic (exact) mass is 370 g/mol. The van der Waals surface area contributed by atoms with Gasteiger partial charge < -0.3 is 10.2 Å². The molecule has 3 aromatic carbocycles. The standard InChI is InChI=1S/C12H10O.C11H11NO.Al/c13-12-8-6-11(7-9-12)10-4-2-1-3-5-10;1-7-6-9-4-3-5-10(13)11(9)12-8(7)2;/h1-9,13H;3-6,13H,1-2H3;. The fourth-order valence-corrected chi connectivity index (χ4v) is 2.67. The number of hydrogen-bond acceptors (Lipinski definition) is 3. The number of aryl methyl sites for hydroxylation is 2. The number of benzene rings is 3. The first-order valence-corrected chi connectivity index (χ1v) is 8.45. The van der Waals surface area contributed by atoms with E-state index in [0.717, 1.165) is 22.2 Å². The van der Waals surface area contributed by atoms with Crippen molar-refractivity contribution >= 4 is 28.3 Å². The number of phenols is 2. The van der Waals surface area contributed by atoms with Crippen LogP contribution in [-0.4, -0.2) is 32.6 Å². The fraction of sp³-hybridized carbons (Fsp3) is 0.0870. The molecule has 0 saturated heterocycles. The first kappa shape index (κ1) is 20.5. The molecule has 0 saturated carbocycles. The van der Waals surface area contributed by atoms with Gasteiger partial charge in [-0.25, -0.2) is 4.98 Å². The van der Waals surface area contributed by atoms with E-state index in [1.54, 1.807) is 18.2 Å². The first-order chi connectivity index (χ1) is 12.5. The van der Waals surface area contributed by atoms with Crippen LogP contribution in [0.5, 0.6) is 11.5 Å². The van der Waals surface area contributed by atoms with E-state index in [0.29, 0.717) is 11.3 Å². The van der Waals surface area contributed by atoms with Crippen LogP contribution in [0.1, 0.15) is 11.3 Å². The van der Waals surface area contributed by atoms with Gasteiger partial charge in [0.2, 0.25) is 0 Å². The Bertz CT molecular complexity index is 1020. The Morgan fingerprint density at radius 3 is 2.00 bits per heavy atom. The van der Waals surface area contributed by atoms with E-state index in [-0.39, 0.29) is 23.1 Å². The Kier molecular flexibility index (Phi) is 7.01. The van der Waals surface area contributed by atoms with Gasteiger partial charge in [0.05, 0.1) is 0 Å². The number of aromatic nitrogens is 1. The molecule has 0 amide bonds. The quantitative estimate of drug-likeness (QED) is 0.451. The highest BCUT2D eigenvalue weighted by molar-refractivity contribution is 5.84. The molecule has 0 aliphatic carbocycles. The van der Waals surface area contributed by atoms with Crippen LogP contribution in [0.25, 0.3) is 22.0 Å². The summed E-state index contributed by atoms with van der Waals surface area (Å²) < 4.78 is 0. The summed E-state index contributed by atoms with van der Waals surface area (Å²) in [6.07, 6.45) is 0. The van der Waals surface area contributed by atoms with E-state index in [4.69, 9.17) is 5.11 Å². The van der Waals surface area contributed by atoms with Crippen LogP contribution >= 0.6 is 0 Å². The van der Waals surface area contributed by atoms with E-state index >= 15 is 0 Å². The third-order valence-electron chi connectivity index (χ3n) is 4.24. The molecule has 0 bridgehead atoms. The summed E-state index contributed by atoms with van der Waals surface area (Å²) in [5.41, 5.74) is 5.10. The van der Waals surface area contributed by atoms with Gasteiger partial charge in [-0.2, -0.15) is 0 Å². The molecule has 2 N–H and O–H groups in total. The molecule has 0 unspecified atom stereocenters. The highest BCUT2D eigenvalue weighted by Gasteiger charge is 2.02. The van der Waals surface area contributed by atoms with E-state index in [9.17, 15) is 5.11 Å². The Morgan fingerprint density at radius 1 is 0.704 bits per heavy atom. The molecule has 133 valence electrons. The maximum atomic E-state index is 9.52. The molecule has 4 rings (SSSR count). The number of nitrogens with zero attached hydrogens (tertiary/aromatic N) is 1. The molecule has 0 aliphatic rings. The summed E-state index contributed by atoms with van der Waals surface area (Å²) in [7, 11) is 0. The van der Waals surface area contributed by atoms with E-state index in [1.165, 1.54) is 5.56 Å². The third kappa shape index (κ3) is 5.10. The van der Waals surface area contributed by atoms with Crippen molar-refractivity contribution in [3.63, 3.8) is 0 Å². The van der Waals surface area contributed by atoms with Crippen LogP contribution in [0.2, 0.25) is 0 Å². The van der Waals surface area contributed by atoms with Crippen molar-refractivity contribution in [3.05, 3.63) is 90.1 Å². The number of rotatable bonds is 1. The van der Waals surface area contributed by atoms with Crippen LogP contribution in [0.15, 0.2) is 78.9 Å². The molecular formula is C23H21AlNO2. The number of phenolic OH excluding ortho intramolecular Hbond substituents is 2. The van der Waals surface area contributed by atoms with Crippen molar-refractivity contribution < 1.29 is 10.2 Å². The van der Waals surface area contributed by atoms with Crippen molar-refractivity contribution in [2.24, 2.45) is 0 Å². The van der Waals surface area contributed by atoms with Crippen LogP contribution in [0, 0.1) is 13.8 Å². The topological polar surface area (TPSA) is 53.4 Å². The zero-order chi connectivity index (χ0) is 18.5. The van der Waals surface area contributed by atoms with Crippen molar-refractivity contribution in [2.45, 2.75) is 13.8 Å². The van der Waals surface area contributed by atoms with Gasteiger partial charge in [0.1, 0.15) is 17.0 Å². The van der Waals surface area contributed by atoms with Gasteiger partial charge in [-0.15, -0.1) is 0 Å². The van der Waals surface area contributed by atoms with E-state index in [2.05, 4.69) is 4.98 Å². The predicted octanol–water partition coefficient (Wildman–Crippen LogP) is 5.24. The maximum absolute atomic E-state index is 9.52. The number of hydrogen-bond donors (Lipinski definition) is 2. The van der Waals surface area contributed by atoms with Crippen LogP contribution in [0.3, 0.4) is 0 Å². The average Bonchev–Trinajstić information content (AvgIpc) is 2.65. The molecule has 0 atom stereocenters. The minimum absolute atomic E-state index is 0. The number of aromatic hydroxyl groups is 2. The molecule has 1 aromatic heterocycles. The Balaban J connectivity index is 0.000000187. The second-order valence-electron chi connectivity index (χ2n) is 6.15. The highest BCUT2D eigenvalue weighted by atomic mass is 27.0. The van der Waals surface area contributed by atoms with Crippen LogP contribution in [-0.2, 0) is 0 Å². The van der Waals surface area contributed by atoms with Gasteiger partial charge in [-0.05, 0) is 54.8 Å². The Labute approximate surface area is 170 Å². The van der Waals surface area contributed by atoms with Crippen LogP contribution in [0.4, 0.5) is 0 Å². The second kappa shape index (κ2) is 9.23. The van der Waals surface area contributed by atoms with Crippen molar-refractivity contribution in [2.75, 3.05) is 0 Å². The second-order valence-corrected chi connectivity index (χ2v) is 6.15. The van der Waals surface area contributed by atoms with E-state index in [1.807, 2.05) is 74.5 Å². The van der Waals surface area contributed by atoms with Crippen molar-refractivity contribution in [3.8, 4) is 22.6 Å². The summed E-state index contributed by atoms with van der Waals surface area (Å²) in [5, 5.41) is 19.6. The van der Waals surface area contributed by atoms with Gasteiger partial charge in [0.25, 0.3) is 0 Å². The molecule has 0 fully saturated rings. The van der Waals surface area contributed by atoms with Gasteiger partial charge in [-0.3, -0.25) is 0 Å². The van der Waals surface area contributed by atoms with Crippen molar-refractivity contribution in [1.29, 1.82) is 0 Å². The van der Waals surface area contributed by atoms with E-state index < -0.39 is 0 Å². The lowest BCUT2D eigenvalue weighted by molar-refractivity contribution is 0.475. The predicted molar refractivity (Wildman–Crippen MR) is 112 cm³/mol. The molecular weight excluding hydrogens is 349 g/mol. The SMILES string of the molecule is Cc1cc2cccc(O)c2nc1C.Oc1ccc(-c2ccccc2)cc1.[Al]. The highest BCUT2D eigenvalue weighted by Crippen LogP contribution is 2.24. The summed E-state index contributed by atoms with van der Waals surface area (Å²) >= 11 is 0. The van der Waals surface area contributed by atoms with Gasteiger partial charge in [0.15, 0.2) is 0 Å². The largest absolute Gasteiger partial charge is 0.508 e.